The molecule has 2 rings (SSSR count). The van der Waals surface area contributed by atoms with Crippen LogP contribution < -0.4 is 5.73 Å². The number of H-pyrrole nitrogens is 1. The van der Waals surface area contributed by atoms with Crippen LogP contribution in [0.25, 0.3) is 0 Å². The first-order chi connectivity index (χ1) is 7.58. The molecule has 0 radical (unpaired) electrons. The molecule has 1 aromatic heterocycles. The van der Waals surface area contributed by atoms with Gasteiger partial charge in [0.2, 0.25) is 11.8 Å². The second-order valence-electron chi connectivity index (χ2n) is 4.62. The molecule has 88 valence electrons. The second kappa shape index (κ2) is 4.11. The highest BCUT2D eigenvalue weighted by Crippen LogP contribution is 2.28. The van der Waals surface area contributed by atoms with E-state index in [-0.39, 0.29) is 17.7 Å². The molecular formula is C10H17N5O. The summed E-state index contributed by atoms with van der Waals surface area (Å²) in [6.45, 7) is 4.94. The number of nitrogens with zero attached hydrogens (tertiary/aromatic N) is 3. The molecule has 0 saturated heterocycles. The number of aromatic amines is 1. The minimum absolute atomic E-state index is 0.0969. The Bertz CT molecular complexity index is 382. The van der Waals surface area contributed by atoms with Gasteiger partial charge in [0.15, 0.2) is 0 Å². The topological polar surface area (TPSA) is 87.9 Å². The molecule has 1 saturated carbocycles. The number of aromatic nitrogens is 3. The molecule has 0 aliphatic heterocycles. The number of nitrogen functional groups attached to an aromatic ring is 1. The summed E-state index contributed by atoms with van der Waals surface area (Å²) in [4.78, 5) is 17.8. The maximum absolute atomic E-state index is 12.1. The number of nitrogens with one attached hydrogen (secondary N) is 1. The van der Waals surface area contributed by atoms with Gasteiger partial charge in [-0.25, -0.2) is 0 Å². The molecule has 3 N–H and O–H groups in total. The van der Waals surface area contributed by atoms with E-state index < -0.39 is 0 Å². The number of amides is 1. The van der Waals surface area contributed by atoms with Crippen molar-refractivity contribution in [3.63, 3.8) is 0 Å². The van der Waals surface area contributed by atoms with Crippen LogP contribution in [0.1, 0.15) is 37.3 Å². The summed E-state index contributed by atoms with van der Waals surface area (Å²) < 4.78 is 0. The maximum atomic E-state index is 12.1. The van der Waals surface area contributed by atoms with E-state index in [2.05, 4.69) is 29.0 Å². The molecule has 1 heterocycles. The van der Waals surface area contributed by atoms with Gasteiger partial charge in [0.1, 0.15) is 0 Å². The minimum atomic E-state index is -0.0969. The summed E-state index contributed by atoms with van der Waals surface area (Å²) in [5, 5.41) is 6.24. The van der Waals surface area contributed by atoms with Gasteiger partial charge in [-0.05, 0) is 18.8 Å². The maximum Gasteiger partial charge on any atom is 0.291 e. The molecule has 0 atom stereocenters. The van der Waals surface area contributed by atoms with E-state index in [1.54, 1.807) is 0 Å². The lowest BCUT2D eigenvalue weighted by atomic mass is 10.2. The van der Waals surface area contributed by atoms with E-state index in [9.17, 15) is 4.79 Å². The highest BCUT2D eigenvalue weighted by atomic mass is 16.2. The van der Waals surface area contributed by atoms with Crippen LogP contribution >= 0.6 is 0 Å². The van der Waals surface area contributed by atoms with Crippen molar-refractivity contribution in [3.05, 3.63) is 5.82 Å². The van der Waals surface area contributed by atoms with Gasteiger partial charge in [-0.3, -0.25) is 9.89 Å². The largest absolute Gasteiger partial charge is 0.366 e. The van der Waals surface area contributed by atoms with E-state index in [0.717, 1.165) is 19.4 Å². The first-order valence-electron chi connectivity index (χ1n) is 5.56. The van der Waals surface area contributed by atoms with Crippen molar-refractivity contribution < 1.29 is 4.79 Å². The molecule has 16 heavy (non-hydrogen) atoms. The quantitative estimate of drug-likeness (QED) is 0.784. The third-order valence-corrected chi connectivity index (χ3v) is 2.52. The van der Waals surface area contributed by atoms with Crippen LogP contribution in [-0.2, 0) is 0 Å². The van der Waals surface area contributed by atoms with Gasteiger partial charge in [-0.1, -0.05) is 13.8 Å². The average Bonchev–Trinajstić information content (AvgIpc) is 2.96. The van der Waals surface area contributed by atoms with Gasteiger partial charge < -0.3 is 10.6 Å². The fraction of sp³-hybridized carbons (Fsp3) is 0.700. The number of rotatable bonds is 4. The standard InChI is InChI=1S/C10H17N5O/c1-6(2)5-15(7-3-4-7)9(16)8-12-10(11)14-13-8/h6-7H,3-5H2,1-2H3,(H3,11,12,13,14). The zero-order chi connectivity index (χ0) is 11.7. The third-order valence-electron chi connectivity index (χ3n) is 2.52. The number of hydrogen-bond acceptors (Lipinski definition) is 4. The van der Waals surface area contributed by atoms with Crippen molar-refractivity contribution in [1.29, 1.82) is 0 Å². The van der Waals surface area contributed by atoms with E-state index in [1.807, 2.05) is 4.90 Å². The van der Waals surface area contributed by atoms with Crippen LogP contribution in [0.4, 0.5) is 5.95 Å². The van der Waals surface area contributed by atoms with Crippen LogP contribution in [-0.4, -0.2) is 38.6 Å². The number of nitrogens with two attached hydrogens (primary N) is 1. The smallest absolute Gasteiger partial charge is 0.291 e. The Morgan fingerprint density at radius 3 is 2.75 bits per heavy atom. The van der Waals surface area contributed by atoms with Gasteiger partial charge >= 0.3 is 0 Å². The molecule has 1 aliphatic rings. The summed E-state index contributed by atoms with van der Waals surface area (Å²) in [6, 6.07) is 0.376. The number of anilines is 1. The Kier molecular flexibility index (Phi) is 2.80. The molecule has 1 amide bonds. The van der Waals surface area contributed by atoms with Crippen LogP contribution in [0.3, 0.4) is 0 Å². The molecule has 0 unspecified atom stereocenters. The Morgan fingerprint density at radius 1 is 1.62 bits per heavy atom. The second-order valence-corrected chi connectivity index (χ2v) is 4.62. The summed E-state index contributed by atoms with van der Waals surface area (Å²) in [5.74, 6) is 0.707. The molecular weight excluding hydrogens is 206 g/mol. The predicted octanol–water partition coefficient (Wildman–Crippen LogP) is 0.647. The van der Waals surface area contributed by atoms with Crippen LogP contribution in [0.15, 0.2) is 0 Å². The Labute approximate surface area is 94.2 Å². The molecule has 1 fully saturated rings. The van der Waals surface area contributed by atoms with Gasteiger partial charge in [0, 0.05) is 12.6 Å². The molecule has 6 nitrogen and oxygen atoms in total. The molecule has 6 heteroatoms. The van der Waals surface area contributed by atoms with Crippen molar-refractivity contribution in [3.8, 4) is 0 Å². The SMILES string of the molecule is CC(C)CN(C(=O)c1nc(N)n[nH]1)C1CC1. The monoisotopic (exact) mass is 223 g/mol. The molecule has 0 spiro atoms. The average molecular weight is 223 g/mol. The zero-order valence-electron chi connectivity index (χ0n) is 9.60. The van der Waals surface area contributed by atoms with Gasteiger partial charge in [-0.15, -0.1) is 5.10 Å². The fourth-order valence-corrected chi connectivity index (χ4v) is 1.68. The summed E-state index contributed by atoms with van der Waals surface area (Å²) in [6.07, 6.45) is 2.17. The predicted molar refractivity (Wildman–Crippen MR) is 59.7 cm³/mol. The first kappa shape index (κ1) is 10.9. The molecule has 0 bridgehead atoms. The van der Waals surface area contributed by atoms with Crippen molar-refractivity contribution in [2.45, 2.75) is 32.7 Å². The fourth-order valence-electron chi connectivity index (χ4n) is 1.68. The van der Waals surface area contributed by atoms with Crippen molar-refractivity contribution in [2.24, 2.45) is 5.92 Å². The third kappa shape index (κ3) is 2.32. The Hall–Kier alpha value is -1.59. The normalized spacial score (nSPS) is 15.4. The van der Waals surface area contributed by atoms with Crippen LogP contribution in [0.5, 0.6) is 0 Å². The zero-order valence-corrected chi connectivity index (χ0v) is 9.60. The molecule has 1 aliphatic carbocycles. The van der Waals surface area contributed by atoms with Gasteiger partial charge in [0.05, 0.1) is 0 Å². The van der Waals surface area contributed by atoms with Crippen LogP contribution in [0, 0.1) is 5.92 Å². The number of hydrogen-bond donors (Lipinski definition) is 2. The van der Waals surface area contributed by atoms with Crippen molar-refractivity contribution in [1.82, 2.24) is 20.1 Å². The van der Waals surface area contributed by atoms with Gasteiger partial charge in [-0.2, -0.15) is 4.98 Å². The lowest BCUT2D eigenvalue weighted by Gasteiger charge is -2.23. The highest BCUT2D eigenvalue weighted by Gasteiger charge is 2.34. The summed E-state index contributed by atoms with van der Waals surface area (Å²) in [5.41, 5.74) is 5.39. The van der Waals surface area contributed by atoms with Gasteiger partial charge in [0.25, 0.3) is 5.91 Å². The van der Waals surface area contributed by atoms with E-state index in [1.165, 1.54) is 0 Å². The van der Waals surface area contributed by atoms with E-state index in [0.29, 0.717) is 12.0 Å². The van der Waals surface area contributed by atoms with E-state index in [4.69, 9.17) is 5.73 Å². The lowest BCUT2D eigenvalue weighted by Crippen LogP contribution is -2.36. The number of carbonyl (C=O) groups excluding carboxylic acids is 1. The summed E-state index contributed by atoms with van der Waals surface area (Å²) in [7, 11) is 0. The molecule has 1 aromatic rings. The van der Waals surface area contributed by atoms with Crippen molar-refractivity contribution >= 4 is 11.9 Å². The minimum Gasteiger partial charge on any atom is -0.366 e. The summed E-state index contributed by atoms with van der Waals surface area (Å²) >= 11 is 0. The Balaban J connectivity index is 2.10. The van der Waals surface area contributed by atoms with Crippen LogP contribution in [0.2, 0.25) is 0 Å². The molecule has 0 aromatic carbocycles. The van der Waals surface area contributed by atoms with Crippen molar-refractivity contribution in [2.75, 3.05) is 12.3 Å². The first-order valence-corrected chi connectivity index (χ1v) is 5.56. The highest BCUT2D eigenvalue weighted by molar-refractivity contribution is 5.91. The number of carbonyl (C=O) groups is 1. The Morgan fingerprint density at radius 2 is 2.31 bits per heavy atom. The van der Waals surface area contributed by atoms with E-state index >= 15 is 0 Å². The lowest BCUT2D eigenvalue weighted by molar-refractivity contribution is 0.0710.